The van der Waals surface area contributed by atoms with E-state index in [1.54, 1.807) is 0 Å². The highest BCUT2D eigenvalue weighted by molar-refractivity contribution is 5.75. The fourth-order valence-electron chi connectivity index (χ4n) is 0.716. The van der Waals surface area contributed by atoms with Gasteiger partial charge < -0.3 is 9.84 Å². The number of alkyl halides is 2. The van der Waals surface area contributed by atoms with E-state index in [0.717, 1.165) is 0 Å². The van der Waals surface area contributed by atoms with Gasteiger partial charge in [0.2, 0.25) is 0 Å². The Bertz CT molecular complexity index is 222. The van der Waals surface area contributed by atoms with Crippen molar-refractivity contribution in [2.24, 2.45) is 0 Å². The van der Waals surface area contributed by atoms with Crippen LogP contribution in [-0.4, -0.2) is 41.2 Å². The molecule has 82 valence electrons. The van der Waals surface area contributed by atoms with Gasteiger partial charge in [0.05, 0.1) is 6.61 Å². The Morgan fingerprint density at radius 2 is 2.14 bits per heavy atom. The molecule has 0 aliphatic heterocycles. The predicted molar refractivity (Wildman–Crippen MR) is 39.4 cm³/mol. The lowest BCUT2D eigenvalue weighted by Crippen LogP contribution is -2.45. The van der Waals surface area contributed by atoms with Gasteiger partial charge in [0, 0.05) is 4.92 Å². The molecule has 6 nitrogen and oxygen atoms in total. The predicted octanol–water partition coefficient (Wildman–Crippen LogP) is -0.179. The van der Waals surface area contributed by atoms with Crippen molar-refractivity contribution in [1.29, 1.82) is 0 Å². The molecule has 0 aromatic carbocycles. The lowest BCUT2D eigenvalue weighted by atomic mass is 10.2. The highest BCUT2D eigenvalue weighted by Gasteiger charge is 2.44. The quantitative estimate of drug-likeness (QED) is 0.388. The van der Waals surface area contributed by atoms with E-state index in [1.165, 1.54) is 6.92 Å². The van der Waals surface area contributed by atoms with Gasteiger partial charge in [0.25, 0.3) is 6.43 Å². The summed E-state index contributed by atoms with van der Waals surface area (Å²) in [5.41, 5.74) is 0. The zero-order chi connectivity index (χ0) is 11.3. The number of aliphatic hydroxyl groups excluding tert-OH is 1. The van der Waals surface area contributed by atoms with Crippen LogP contribution in [0.4, 0.5) is 8.78 Å². The molecule has 0 aromatic rings. The number of aliphatic hydroxyl groups is 1. The molecule has 0 amide bonds. The minimum absolute atomic E-state index is 0.181. The van der Waals surface area contributed by atoms with Crippen molar-refractivity contribution in [1.82, 2.24) is 0 Å². The smallest absolute Gasteiger partial charge is 0.384 e. The van der Waals surface area contributed by atoms with Gasteiger partial charge in [0.1, 0.15) is 0 Å². The van der Waals surface area contributed by atoms with Gasteiger partial charge in [-0.3, -0.25) is 10.1 Å². The molecule has 8 heteroatoms. The van der Waals surface area contributed by atoms with E-state index in [9.17, 15) is 23.7 Å². The number of carbonyl (C=O) groups excluding carboxylic acids is 1. The summed E-state index contributed by atoms with van der Waals surface area (Å²) in [5, 5.41) is 18.8. The summed E-state index contributed by atoms with van der Waals surface area (Å²) in [4.78, 5) is 19.6. The molecular weight excluding hydrogens is 204 g/mol. The zero-order valence-electron chi connectivity index (χ0n) is 7.22. The molecule has 0 unspecified atom stereocenters. The maximum Gasteiger partial charge on any atom is 0.384 e. The van der Waals surface area contributed by atoms with Crippen molar-refractivity contribution in [2.45, 2.75) is 25.5 Å². The first-order chi connectivity index (χ1) is 6.41. The minimum atomic E-state index is -3.37. The highest BCUT2D eigenvalue weighted by atomic mass is 19.3. The number of hydrogen-bond donors (Lipinski definition) is 1. The second-order valence-electron chi connectivity index (χ2n) is 2.31. The maximum absolute atomic E-state index is 11.9. The fraction of sp³-hybridized carbons (Fsp3) is 0.833. The third-order valence-electron chi connectivity index (χ3n) is 1.34. The molecule has 0 bridgehead atoms. The SMILES string of the molecule is CCOC(=O)[C@H]([C@H](O)C(F)F)[N+](=O)[O-]. The summed E-state index contributed by atoms with van der Waals surface area (Å²) in [5.74, 6) is -1.47. The Morgan fingerprint density at radius 1 is 1.64 bits per heavy atom. The van der Waals surface area contributed by atoms with Crippen LogP contribution in [0.15, 0.2) is 0 Å². The molecule has 0 rings (SSSR count). The Hall–Kier alpha value is -1.31. The van der Waals surface area contributed by atoms with E-state index in [4.69, 9.17) is 5.11 Å². The van der Waals surface area contributed by atoms with Crippen molar-refractivity contribution < 1.29 is 28.3 Å². The van der Waals surface area contributed by atoms with E-state index in [2.05, 4.69) is 4.74 Å². The van der Waals surface area contributed by atoms with E-state index in [1.807, 2.05) is 0 Å². The van der Waals surface area contributed by atoms with Crippen molar-refractivity contribution >= 4 is 5.97 Å². The number of ether oxygens (including phenoxy) is 1. The number of carbonyl (C=O) groups is 1. The molecule has 1 N–H and O–H groups in total. The van der Waals surface area contributed by atoms with Gasteiger partial charge in [-0.15, -0.1) is 0 Å². The van der Waals surface area contributed by atoms with Crippen molar-refractivity contribution in [3.63, 3.8) is 0 Å². The van der Waals surface area contributed by atoms with Crippen LogP contribution in [-0.2, 0) is 9.53 Å². The minimum Gasteiger partial charge on any atom is -0.461 e. The van der Waals surface area contributed by atoms with Gasteiger partial charge in [-0.2, -0.15) is 0 Å². The van der Waals surface area contributed by atoms with Gasteiger partial charge in [-0.1, -0.05) is 0 Å². The Kier molecular flexibility index (Phi) is 4.92. The topological polar surface area (TPSA) is 89.7 Å². The summed E-state index contributed by atoms with van der Waals surface area (Å²) in [6.07, 6.45) is -6.01. The molecule has 0 fully saturated rings. The van der Waals surface area contributed by atoms with Crippen LogP contribution in [0.1, 0.15) is 6.92 Å². The van der Waals surface area contributed by atoms with E-state index >= 15 is 0 Å². The average Bonchev–Trinajstić information content (AvgIpc) is 2.03. The normalized spacial score (nSPS) is 14.9. The number of rotatable bonds is 5. The highest BCUT2D eigenvalue weighted by Crippen LogP contribution is 2.10. The van der Waals surface area contributed by atoms with Gasteiger partial charge >= 0.3 is 12.0 Å². The second kappa shape index (κ2) is 5.43. The number of esters is 1. The lowest BCUT2D eigenvalue weighted by Gasteiger charge is -2.13. The first-order valence-corrected chi connectivity index (χ1v) is 3.68. The first kappa shape index (κ1) is 12.7. The lowest BCUT2D eigenvalue weighted by molar-refractivity contribution is -0.525. The molecular formula is C6H9F2NO5. The third-order valence-corrected chi connectivity index (χ3v) is 1.34. The summed E-state index contributed by atoms with van der Waals surface area (Å²) in [6.45, 7) is 1.18. The van der Waals surface area contributed by atoms with Gasteiger partial charge in [-0.25, -0.2) is 13.6 Å². The van der Waals surface area contributed by atoms with Crippen LogP contribution >= 0.6 is 0 Å². The summed E-state index contributed by atoms with van der Waals surface area (Å²) < 4.78 is 27.9. The largest absolute Gasteiger partial charge is 0.461 e. The molecule has 0 heterocycles. The number of nitro groups is 1. The van der Waals surface area contributed by atoms with Crippen LogP contribution in [0.25, 0.3) is 0 Å². The van der Waals surface area contributed by atoms with Crippen molar-refractivity contribution in [3.05, 3.63) is 10.1 Å². The first-order valence-electron chi connectivity index (χ1n) is 3.68. The molecule has 0 saturated heterocycles. The number of nitrogens with zero attached hydrogens (tertiary/aromatic N) is 1. The molecule has 0 aliphatic rings. The van der Waals surface area contributed by atoms with Gasteiger partial charge in [0.15, 0.2) is 6.10 Å². The third kappa shape index (κ3) is 3.21. The molecule has 2 atom stereocenters. The number of halogens is 2. The summed E-state index contributed by atoms with van der Waals surface area (Å²) in [7, 11) is 0. The molecule has 0 radical (unpaired) electrons. The van der Waals surface area contributed by atoms with E-state index in [0.29, 0.717) is 0 Å². The summed E-state index contributed by atoms with van der Waals surface area (Å²) in [6, 6.07) is -2.44. The van der Waals surface area contributed by atoms with Crippen molar-refractivity contribution in [2.75, 3.05) is 6.61 Å². The Balaban J connectivity index is 4.59. The van der Waals surface area contributed by atoms with Crippen LogP contribution in [0.5, 0.6) is 0 Å². The molecule has 0 aliphatic carbocycles. The van der Waals surface area contributed by atoms with Crippen LogP contribution < -0.4 is 0 Å². The molecule has 14 heavy (non-hydrogen) atoms. The Labute approximate surface area is 77.6 Å². The average molecular weight is 213 g/mol. The zero-order valence-corrected chi connectivity index (χ0v) is 7.22. The Morgan fingerprint density at radius 3 is 2.43 bits per heavy atom. The van der Waals surface area contributed by atoms with Crippen LogP contribution in [0.3, 0.4) is 0 Å². The standard InChI is InChI=1S/C6H9F2NO5/c1-2-14-6(11)3(9(12)13)4(10)5(7)8/h3-5,10H,2H2,1H3/t3-,4-/m0/s1. The molecule has 0 saturated carbocycles. The van der Waals surface area contributed by atoms with Gasteiger partial charge in [-0.05, 0) is 6.92 Å². The summed E-state index contributed by atoms with van der Waals surface area (Å²) >= 11 is 0. The molecule has 0 aromatic heterocycles. The molecule has 0 spiro atoms. The van der Waals surface area contributed by atoms with Crippen LogP contribution in [0.2, 0.25) is 0 Å². The van der Waals surface area contributed by atoms with Crippen LogP contribution in [0, 0.1) is 10.1 Å². The second-order valence-corrected chi connectivity index (χ2v) is 2.31. The van der Waals surface area contributed by atoms with E-state index in [-0.39, 0.29) is 6.61 Å². The monoisotopic (exact) mass is 213 g/mol. The fourth-order valence-corrected chi connectivity index (χ4v) is 0.716. The van der Waals surface area contributed by atoms with Crippen molar-refractivity contribution in [3.8, 4) is 0 Å². The van der Waals surface area contributed by atoms with E-state index < -0.39 is 29.5 Å². The number of hydrogen-bond acceptors (Lipinski definition) is 5. The maximum atomic E-state index is 11.9.